The third-order valence-electron chi connectivity index (χ3n) is 7.60. The molecule has 1 atom stereocenters. The van der Waals surface area contributed by atoms with Crippen molar-refractivity contribution in [2.24, 2.45) is 5.16 Å². The average Bonchev–Trinajstić information content (AvgIpc) is 3.05. The zero-order valence-corrected chi connectivity index (χ0v) is 27.0. The Hall–Kier alpha value is -5.23. The van der Waals surface area contributed by atoms with Gasteiger partial charge in [0.2, 0.25) is 11.7 Å². The number of carbonyl (C=O) groups is 2. The molecule has 1 aliphatic rings. The summed E-state index contributed by atoms with van der Waals surface area (Å²) in [5.74, 6) is -1.21. The normalized spacial score (nSPS) is 14.9. The van der Waals surface area contributed by atoms with E-state index in [9.17, 15) is 31.2 Å². The first-order valence-electron chi connectivity index (χ1n) is 14.9. The molecule has 1 amide bonds. The van der Waals surface area contributed by atoms with Crippen molar-refractivity contribution in [2.75, 3.05) is 5.32 Å². The summed E-state index contributed by atoms with van der Waals surface area (Å²) in [5.41, 5.74) is 0.803. The number of amides is 1. The second-order valence-corrected chi connectivity index (χ2v) is 13.7. The minimum absolute atomic E-state index is 0.000616. The lowest BCUT2D eigenvalue weighted by Crippen LogP contribution is -2.44. The number of carbonyl (C=O) groups excluding carboxylic acids is 2. The Kier molecular flexibility index (Phi) is 9.58. The molecule has 0 bridgehead atoms. The van der Waals surface area contributed by atoms with Gasteiger partial charge in [0.1, 0.15) is 16.6 Å². The smallest absolute Gasteiger partial charge is 0.370 e. The van der Waals surface area contributed by atoms with Gasteiger partial charge in [-0.25, -0.2) is 0 Å². The molecule has 0 fully saturated rings. The van der Waals surface area contributed by atoms with E-state index in [0.717, 1.165) is 17.7 Å². The number of benzene rings is 4. The highest BCUT2D eigenvalue weighted by Gasteiger charge is 2.32. The van der Waals surface area contributed by atoms with Gasteiger partial charge in [-0.05, 0) is 52.9 Å². The number of nitrogens with zero attached hydrogens (tertiary/aromatic N) is 1. The van der Waals surface area contributed by atoms with Crippen molar-refractivity contribution in [3.05, 3.63) is 143 Å². The van der Waals surface area contributed by atoms with E-state index in [1.807, 2.05) is 20.8 Å². The number of Topliss-reactive ketones (excluding diaryl/α,β-unsaturated/α-hetero) is 1. The predicted molar refractivity (Wildman–Crippen MR) is 176 cm³/mol. The van der Waals surface area contributed by atoms with E-state index in [1.54, 1.807) is 60.7 Å². The third-order valence-corrected chi connectivity index (χ3v) is 8.72. The van der Waals surface area contributed by atoms with E-state index >= 15 is 0 Å². The molecule has 5 rings (SSSR count). The number of rotatable bonds is 9. The van der Waals surface area contributed by atoms with Gasteiger partial charge in [0.05, 0.1) is 11.3 Å². The molecule has 0 unspecified atom stereocenters. The Morgan fingerprint density at radius 1 is 0.833 bits per heavy atom. The number of hydrogen-bond donors (Lipinski definition) is 2. The molecule has 248 valence electrons. The lowest BCUT2D eigenvalue weighted by Gasteiger charge is -2.24. The standard InChI is InChI=1S/C36H32F3N3O5S/c1-35(2,3)24-16-18-27(19-17-24)48(45,46)47-42-30-22-31(33(43)29-15-8-7-14-28(29)30)41-32(20-23-10-5-4-6-11-23)34(44)40-26-13-9-12-25(21-26)36(37,38)39/h4-19,21-22,32,41H,20H2,1-3H3,(H,40,44)/t32-/m1/s1. The second-order valence-electron chi connectivity index (χ2n) is 12.2. The van der Waals surface area contributed by atoms with Crippen LogP contribution in [0.25, 0.3) is 0 Å². The maximum atomic E-state index is 13.6. The van der Waals surface area contributed by atoms with Crippen LogP contribution >= 0.6 is 0 Å². The van der Waals surface area contributed by atoms with Crippen LogP contribution in [0.3, 0.4) is 0 Å². The Balaban J connectivity index is 1.46. The SMILES string of the molecule is CC(C)(C)c1ccc(S(=O)(=O)ON=C2C=C(N[C@H](Cc3ccccc3)C(=O)Nc3cccc(C(F)(F)F)c3)C(=O)c3ccccc32)cc1. The summed E-state index contributed by atoms with van der Waals surface area (Å²) in [7, 11) is -4.35. The maximum absolute atomic E-state index is 13.6. The summed E-state index contributed by atoms with van der Waals surface area (Å²) in [4.78, 5) is 27.1. The minimum atomic E-state index is -4.61. The molecular weight excluding hydrogens is 643 g/mol. The molecule has 0 saturated carbocycles. The number of halogens is 3. The van der Waals surface area contributed by atoms with Crippen molar-refractivity contribution in [3.63, 3.8) is 0 Å². The summed E-state index contributed by atoms with van der Waals surface area (Å²) >= 11 is 0. The molecular formula is C36H32F3N3O5S. The van der Waals surface area contributed by atoms with Crippen molar-refractivity contribution in [1.82, 2.24) is 5.32 Å². The van der Waals surface area contributed by atoms with Crippen LogP contribution in [0.15, 0.2) is 125 Å². The van der Waals surface area contributed by atoms with Crippen LogP contribution in [-0.2, 0) is 37.2 Å². The van der Waals surface area contributed by atoms with Gasteiger partial charge in [0, 0.05) is 23.2 Å². The van der Waals surface area contributed by atoms with Crippen molar-refractivity contribution in [2.45, 2.75) is 49.7 Å². The first kappa shape index (κ1) is 34.1. The molecule has 4 aromatic rings. The Morgan fingerprint density at radius 3 is 2.12 bits per heavy atom. The van der Waals surface area contributed by atoms with E-state index in [4.69, 9.17) is 4.28 Å². The molecule has 0 radical (unpaired) electrons. The lowest BCUT2D eigenvalue weighted by molar-refractivity contribution is -0.137. The number of fused-ring (bicyclic) bond motifs is 1. The fourth-order valence-electron chi connectivity index (χ4n) is 5.02. The predicted octanol–water partition coefficient (Wildman–Crippen LogP) is 7.03. The minimum Gasteiger partial charge on any atom is -0.370 e. The molecule has 12 heteroatoms. The van der Waals surface area contributed by atoms with E-state index in [2.05, 4.69) is 15.8 Å². The highest BCUT2D eigenvalue weighted by molar-refractivity contribution is 7.86. The van der Waals surface area contributed by atoms with Crippen LogP contribution in [0.5, 0.6) is 0 Å². The van der Waals surface area contributed by atoms with Gasteiger partial charge in [0.25, 0.3) is 0 Å². The average molecular weight is 676 g/mol. The van der Waals surface area contributed by atoms with Crippen molar-refractivity contribution in [3.8, 4) is 0 Å². The van der Waals surface area contributed by atoms with Gasteiger partial charge in [-0.3, -0.25) is 13.9 Å². The van der Waals surface area contributed by atoms with Crippen LogP contribution in [0.4, 0.5) is 18.9 Å². The molecule has 1 aliphatic carbocycles. The maximum Gasteiger partial charge on any atom is 0.416 e. The zero-order valence-electron chi connectivity index (χ0n) is 26.2. The number of anilines is 1. The van der Waals surface area contributed by atoms with Gasteiger partial charge in [0.15, 0.2) is 0 Å². The third kappa shape index (κ3) is 8.00. The fourth-order valence-corrected chi connectivity index (χ4v) is 5.75. The van der Waals surface area contributed by atoms with Crippen LogP contribution in [0.1, 0.15) is 53.4 Å². The Bertz CT molecular complexity index is 2000. The lowest BCUT2D eigenvalue weighted by atomic mass is 9.87. The fraction of sp³-hybridized carbons (Fsp3) is 0.194. The number of oxime groups is 1. The van der Waals surface area contributed by atoms with E-state index in [-0.39, 0.29) is 39.4 Å². The summed E-state index contributed by atoms with van der Waals surface area (Å²) < 4.78 is 71.2. The highest BCUT2D eigenvalue weighted by Crippen LogP contribution is 2.31. The van der Waals surface area contributed by atoms with Crippen LogP contribution in [0, 0.1) is 0 Å². The summed E-state index contributed by atoms with van der Waals surface area (Å²) in [6.07, 6.45) is -3.28. The molecule has 0 heterocycles. The van der Waals surface area contributed by atoms with Crippen molar-refractivity contribution < 1.29 is 35.5 Å². The first-order chi connectivity index (χ1) is 22.6. The molecule has 0 saturated heterocycles. The van der Waals surface area contributed by atoms with E-state index in [0.29, 0.717) is 11.1 Å². The Labute approximate surface area is 276 Å². The van der Waals surface area contributed by atoms with Gasteiger partial charge in [-0.15, -0.1) is 0 Å². The summed E-state index contributed by atoms with van der Waals surface area (Å²) in [6, 6.07) is 24.5. The molecule has 8 nitrogen and oxygen atoms in total. The Morgan fingerprint density at radius 2 is 1.48 bits per heavy atom. The van der Waals surface area contributed by atoms with Crippen LogP contribution in [-0.4, -0.2) is 31.9 Å². The number of allylic oxidation sites excluding steroid dienone is 2. The van der Waals surface area contributed by atoms with Gasteiger partial charge < -0.3 is 10.6 Å². The summed E-state index contributed by atoms with van der Waals surface area (Å²) in [6.45, 7) is 5.99. The molecule has 0 spiro atoms. The monoisotopic (exact) mass is 675 g/mol. The first-order valence-corrected chi connectivity index (χ1v) is 16.3. The number of hydrogen-bond acceptors (Lipinski definition) is 7. The highest BCUT2D eigenvalue weighted by atomic mass is 32.2. The molecule has 4 aromatic carbocycles. The quantitative estimate of drug-likeness (QED) is 0.184. The van der Waals surface area contributed by atoms with E-state index < -0.39 is 39.6 Å². The largest absolute Gasteiger partial charge is 0.416 e. The van der Waals surface area contributed by atoms with Gasteiger partial charge in [-0.2, -0.15) is 21.6 Å². The van der Waals surface area contributed by atoms with Gasteiger partial charge in [-0.1, -0.05) is 98.7 Å². The molecule has 48 heavy (non-hydrogen) atoms. The van der Waals surface area contributed by atoms with Crippen LogP contribution < -0.4 is 10.6 Å². The zero-order chi connectivity index (χ0) is 34.7. The molecule has 0 aliphatic heterocycles. The van der Waals surface area contributed by atoms with E-state index in [1.165, 1.54) is 36.4 Å². The molecule has 2 N–H and O–H groups in total. The van der Waals surface area contributed by atoms with Crippen molar-refractivity contribution >= 4 is 33.2 Å². The van der Waals surface area contributed by atoms with Crippen LogP contribution in [0.2, 0.25) is 0 Å². The second kappa shape index (κ2) is 13.5. The number of alkyl halides is 3. The summed E-state index contributed by atoms with van der Waals surface area (Å²) in [5, 5.41) is 9.36. The van der Waals surface area contributed by atoms with Gasteiger partial charge >= 0.3 is 16.3 Å². The number of ketones is 1. The topological polar surface area (TPSA) is 114 Å². The molecule has 0 aromatic heterocycles. The number of nitrogens with one attached hydrogen (secondary N) is 2. The van der Waals surface area contributed by atoms with Crippen molar-refractivity contribution in [1.29, 1.82) is 0 Å².